The minimum absolute atomic E-state index is 0.0287. The van der Waals surface area contributed by atoms with E-state index in [1.807, 2.05) is 6.92 Å². The molecule has 1 heterocycles. The van der Waals surface area contributed by atoms with Gasteiger partial charge in [0.05, 0.1) is 6.54 Å². The van der Waals surface area contributed by atoms with Gasteiger partial charge in [-0.25, -0.2) is 4.79 Å². The van der Waals surface area contributed by atoms with E-state index in [2.05, 4.69) is 21.3 Å². The third kappa shape index (κ3) is 6.09. The van der Waals surface area contributed by atoms with E-state index in [0.29, 0.717) is 26.2 Å². The number of piperazine rings is 1. The van der Waals surface area contributed by atoms with Crippen LogP contribution in [0, 0.1) is 0 Å². The topological polar surface area (TPSA) is 103 Å². The molecule has 0 aromatic heterocycles. The number of carbonyl (C=O) groups excluding carboxylic acids is 3. The van der Waals surface area contributed by atoms with Crippen molar-refractivity contribution in [3.8, 4) is 0 Å². The summed E-state index contributed by atoms with van der Waals surface area (Å²) >= 11 is 0. The van der Waals surface area contributed by atoms with Crippen molar-refractivity contribution in [1.29, 1.82) is 0 Å². The maximum atomic E-state index is 11.8. The SMILES string of the molecule is CCCCNC(=O)NC(=O)CN1CCNCC1C(=O)NC. The molecule has 1 rings (SSSR count). The minimum Gasteiger partial charge on any atom is -0.358 e. The van der Waals surface area contributed by atoms with Gasteiger partial charge in [-0.15, -0.1) is 0 Å². The van der Waals surface area contributed by atoms with E-state index in [9.17, 15) is 14.4 Å². The third-order valence-corrected chi connectivity index (χ3v) is 3.32. The van der Waals surface area contributed by atoms with Crippen LogP contribution < -0.4 is 21.3 Å². The third-order valence-electron chi connectivity index (χ3n) is 3.32. The van der Waals surface area contributed by atoms with Crippen LogP contribution in [-0.4, -0.2) is 68.6 Å². The molecule has 8 nitrogen and oxygen atoms in total. The molecule has 4 N–H and O–H groups in total. The Morgan fingerprint density at radius 2 is 2.10 bits per heavy atom. The number of likely N-dealkylation sites (N-methyl/N-ethyl adjacent to an activating group) is 1. The number of carbonyl (C=O) groups is 3. The van der Waals surface area contributed by atoms with Crippen LogP contribution in [0.4, 0.5) is 4.79 Å². The summed E-state index contributed by atoms with van der Waals surface area (Å²) in [4.78, 5) is 36.9. The van der Waals surface area contributed by atoms with Crippen molar-refractivity contribution in [2.24, 2.45) is 0 Å². The fraction of sp³-hybridized carbons (Fsp3) is 0.769. The Kier molecular flexibility index (Phi) is 7.70. The zero-order valence-electron chi connectivity index (χ0n) is 12.7. The molecule has 4 amide bonds. The van der Waals surface area contributed by atoms with E-state index in [1.54, 1.807) is 11.9 Å². The number of urea groups is 1. The number of rotatable bonds is 6. The van der Waals surface area contributed by atoms with Crippen molar-refractivity contribution in [3.05, 3.63) is 0 Å². The average Bonchev–Trinajstić information content (AvgIpc) is 2.47. The molecule has 1 unspecified atom stereocenters. The van der Waals surface area contributed by atoms with Crippen LogP contribution in [0.15, 0.2) is 0 Å². The lowest BCUT2D eigenvalue weighted by Gasteiger charge is -2.34. The lowest BCUT2D eigenvalue weighted by Crippen LogP contribution is -2.59. The van der Waals surface area contributed by atoms with Crippen molar-refractivity contribution in [2.75, 3.05) is 39.8 Å². The van der Waals surface area contributed by atoms with Gasteiger partial charge in [0, 0.05) is 33.2 Å². The van der Waals surface area contributed by atoms with Gasteiger partial charge in [-0.3, -0.25) is 19.8 Å². The van der Waals surface area contributed by atoms with Crippen molar-refractivity contribution < 1.29 is 14.4 Å². The van der Waals surface area contributed by atoms with Gasteiger partial charge in [-0.05, 0) is 6.42 Å². The first-order valence-electron chi connectivity index (χ1n) is 7.32. The summed E-state index contributed by atoms with van der Waals surface area (Å²) < 4.78 is 0. The first-order chi connectivity index (χ1) is 10.1. The molecule has 120 valence electrons. The molecule has 0 spiro atoms. The Morgan fingerprint density at radius 3 is 2.76 bits per heavy atom. The fourth-order valence-corrected chi connectivity index (χ4v) is 2.13. The van der Waals surface area contributed by atoms with Crippen LogP contribution in [0.25, 0.3) is 0 Å². The van der Waals surface area contributed by atoms with Crippen molar-refractivity contribution in [2.45, 2.75) is 25.8 Å². The molecule has 1 fully saturated rings. The number of nitrogens with one attached hydrogen (secondary N) is 4. The molecule has 1 aliphatic heterocycles. The first-order valence-corrected chi connectivity index (χ1v) is 7.32. The zero-order chi connectivity index (χ0) is 15.7. The van der Waals surface area contributed by atoms with Gasteiger partial charge in [0.2, 0.25) is 11.8 Å². The van der Waals surface area contributed by atoms with Gasteiger partial charge in [-0.2, -0.15) is 0 Å². The zero-order valence-corrected chi connectivity index (χ0v) is 12.7. The van der Waals surface area contributed by atoms with Crippen LogP contribution in [0.2, 0.25) is 0 Å². The van der Waals surface area contributed by atoms with Gasteiger partial charge >= 0.3 is 6.03 Å². The van der Waals surface area contributed by atoms with E-state index in [1.165, 1.54) is 0 Å². The standard InChI is InChI=1S/C13H25N5O3/c1-3-4-5-16-13(21)17-11(19)9-18-7-6-15-8-10(18)12(20)14-2/h10,15H,3-9H2,1-2H3,(H,14,20)(H2,16,17,19,21). The van der Waals surface area contributed by atoms with Crippen molar-refractivity contribution in [3.63, 3.8) is 0 Å². The number of nitrogens with zero attached hydrogens (tertiary/aromatic N) is 1. The first kappa shape index (κ1) is 17.4. The lowest BCUT2D eigenvalue weighted by molar-refractivity contribution is -0.128. The van der Waals surface area contributed by atoms with Gasteiger partial charge in [0.15, 0.2) is 0 Å². The molecule has 0 radical (unpaired) electrons. The van der Waals surface area contributed by atoms with Gasteiger partial charge in [0.1, 0.15) is 6.04 Å². The normalized spacial score (nSPS) is 18.9. The monoisotopic (exact) mass is 299 g/mol. The highest BCUT2D eigenvalue weighted by molar-refractivity contribution is 5.95. The van der Waals surface area contributed by atoms with Crippen molar-refractivity contribution >= 4 is 17.8 Å². The quantitative estimate of drug-likeness (QED) is 0.453. The molecule has 0 saturated carbocycles. The van der Waals surface area contributed by atoms with Gasteiger partial charge < -0.3 is 16.0 Å². The second kappa shape index (κ2) is 9.30. The summed E-state index contributed by atoms with van der Waals surface area (Å²) in [6.07, 6.45) is 1.85. The number of unbranched alkanes of at least 4 members (excludes halogenated alkanes) is 1. The van der Waals surface area contributed by atoms with Crippen LogP contribution >= 0.6 is 0 Å². The summed E-state index contributed by atoms with van der Waals surface area (Å²) in [6, 6.07) is -0.877. The Balaban J connectivity index is 2.40. The second-order valence-corrected chi connectivity index (χ2v) is 4.96. The van der Waals surface area contributed by atoms with E-state index in [4.69, 9.17) is 0 Å². The molecular weight excluding hydrogens is 274 g/mol. The number of amides is 4. The molecule has 0 aromatic rings. The smallest absolute Gasteiger partial charge is 0.321 e. The van der Waals surface area contributed by atoms with Gasteiger partial charge in [0.25, 0.3) is 0 Å². The molecule has 21 heavy (non-hydrogen) atoms. The van der Waals surface area contributed by atoms with Gasteiger partial charge in [-0.1, -0.05) is 13.3 Å². The van der Waals surface area contributed by atoms with Crippen LogP contribution in [0.5, 0.6) is 0 Å². The van der Waals surface area contributed by atoms with E-state index in [-0.39, 0.29) is 12.5 Å². The van der Waals surface area contributed by atoms with Crippen molar-refractivity contribution in [1.82, 2.24) is 26.2 Å². The maximum absolute atomic E-state index is 11.8. The number of hydrogen-bond acceptors (Lipinski definition) is 5. The highest BCUT2D eigenvalue weighted by Gasteiger charge is 2.29. The molecule has 0 bridgehead atoms. The molecule has 1 atom stereocenters. The Hall–Kier alpha value is -1.67. The van der Waals surface area contributed by atoms with E-state index in [0.717, 1.165) is 12.8 Å². The summed E-state index contributed by atoms with van der Waals surface area (Å²) in [7, 11) is 1.57. The highest BCUT2D eigenvalue weighted by Crippen LogP contribution is 2.02. The number of imide groups is 1. The summed E-state index contributed by atoms with van der Waals surface area (Å²) in [5.41, 5.74) is 0. The highest BCUT2D eigenvalue weighted by atomic mass is 16.2. The van der Waals surface area contributed by atoms with E-state index < -0.39 is 18.0 Å². The largest absolute Gasteiger partial charge is 0.358 e. The van der Waals surface area contributed by atoms with Crippen LogP contribution in [-0.2, 0) is 9.59 Å². The molecule has 8 heteroatoms. The molecule has 0 aromatic carbocycles. The Labute approximate surface area is 125 Å². The number of hydrogen-bond donors (Lipinski definition) is 4. The Bertz CT molecular complexity index is 375. The molecule has 1 saturated heterocycles. The molecular formula is C13H25N5O3. The predicted molar refractivity (Wildman–Crippen MR) is 78.7 cm³/mol. The minimum atomic E-state index is -0.486. The fourth-order valence-electron chi connectivity index (χ4n) is 2.13. The predicted octanol–water partition coefficient (Wildman–Crippen LogP) is -1.37. The lowest BCUT2D eigenvalue weighted by atomic mass is 10.1. The maximum Gasteiger partial charge on any atom is 0.321 e. The Morgan fingerprint density at radius 1 is 1.33 bits per heavy atom. The van der Waals surface area contributed by atoms with Crippen LogP contribution in [0.1, 0.15) is 19.8 Å². The van der Waals surface area contributed by atoms with E-state index >= 15 is 0 Å². The molecule has 0 aliphatic carbocycles. The van der Waals surface area contributed by atoms with Crippen LogP contribution in [0.3, 0.4) is 0 Å². The average molecular weight is 299 g/mol. The summed E-state index contributed by atoms with van der Waals surface area (Å²) in [5, 5.41) is 10.6. The summed E-state index contributed by atoms with van der Waals surface area (Å²) in [5.74, 6) is -0.540. The second-order valence-electron chi connectivity index (χ2n) is 4.96. The molecule has 1 aliphatic rings. The summed E-state index contributed by atoms with van der Waals surface area (Å²) in [6.45, 7) is 4.39.